The lowest BCUT2D eigenvalue weighted by Gasteiger charge is -2.36. The average molecular weight is 367 g/mol. The van der Waals surface area contributed by atoms with Gasteiger partial charge < -0.3 is 4.90 Å². The summed E-state index contributed by atoms with van der Waals surface area (Å²) in [5.74, 6) is 0.787. The van der Waals surface area contributed by atoms with Gasteiger partial charge in [-0.15, -0.1) is 0 Å². The summed E-state index contributed by atoms with van der Waals surface area (Å²) in [6.45, 7) is 2.88. The molecule has 0 N–H and O–H groups in total. The molecule has 8 heteroatoms. The molecule has 0 aromatic carbocycles. The van der Waals surface area contributed by atoms with E-state index in [9.17, 15) is 13.2 Å². The van der Waals surface area contributed by atoms with Crippen molar-refractivity contribution >= 4 is 5.78 Å². The highest BCUT2D eigenvalue weighted by atomic mass is 19.4. The molecule has 0 spiro atoms. The number of likely N-dealkylation sites (tertiary alicyclic amines) is 1. The van der Waals surface area contributed by atoms with Gasteiger partial charge in [-0.2, -0.15) is 27.8 Å². The fourth-order valence-electron chi connectivity index (χ4n) is 4.44. The van der Waals surface area contributed by atoms with Crippen LogP contribution in [-0.2, 0) is 6.18 Å². The molecule has 1 aliphatic carbocycles. The molecular weight excluding hydrogens is 343 g/mol. The Labute approximate surface area is 150 Å². The van der Waals surface area contributed by atoms with Crippen LogP contribution in [0.1, 0.15) is 62.3 Å². The van der Waals surface area contributed by atoms with Crippen molar-refractivity contribution in [2.75, 3.05) is 19.6 Å². The number of alkyl halides is 3. The number of nitrogens with zero attached hydrogens (tertiary/aromatic N) is 5. The van der Waals surface area contributed by atoms with Crippen LogP contribution in [0.2, 0.25) is 0 Å². The SMILES string of the molecule is FC(F)(F)c1cc(C2CCCN(CC3CCCCC3)C2)nc2ncnn12. The third kappa shape index (κ3) is 3.70. The fourth-order valence-corrected chi connectivity index (χ4v) is 4.44. The van der Waals surface area contributed by atoms with E-state index < -0.39 is 11.9 Å². The van der Waals surface area contributed by atoms with Crippen molar-refractivity contribution < 1.29 is 13.2 Å². The number of piperidine rings is 1. The first-order valence-electron chi connectivity index (χ1n) is 9.51. The quantitative estimate of drug-likeness (QED) is 0.825. The number of hydrogen-bond acceptors (Lipinski definition) is 4. The van der Waals surface area contributed by atoms with E-state index in [0.29, 0.717) is 5.69 Å². The zero-order valence-corrected chi connectivity index (χ0v) is 14.8. The minimum atomic E-state index is -4.47. The van der Waals surface area contributed by atoms with Crippen LogP contribution in [0.5, 0.6) is 0 Å². The van der Waals surface area contributed by atoms with Gasteiger partial charge in [-0.3, -0.25) is 0 Å². The van der Waals surface area contributed by atoms with Crippen molar-refractivity contribution in [1.29, 1.82) is 0 Å². The number of halogens is 3. The van der Waals surface area contributed by atoms with Crippen molar-refractivity contribution in [2.24, 2.45) is 5.92 Å². The van der Waals surface area contributed by atoms with Gasteiger partial charge in [0, 0.05) is 19.0 Å². The second-order valence-corrected chi connectivity index (χ2v) is 7.64. The summed E-state index contributed by atoms with van der Waals surface area (Å²) in [5, 5.41) is 3.68. The van der Waals surface area contributed by atoms with E-state index in [1.807, 2.05) is 0 Å². The Balaban J connectivity index is 1.54. The molecule has 1 saturated carbocycles. The Hall–Kier alpha value is -1.70. The van der Waals surface area contributed by atoms with Gasteiger partial charge in [-0.05, 0) is 44.2 Å². The third-order valence-electron chi connectivity index (χ3n) is 5.73. The minimum absolute atomic E-state index is 0.0233. The molecule has 0 bridgehead atoms. The number of rotatable bonds is 3. The lowest BCUT2D eigenvalue weighted by atomic mass is 9.87. The summed E-state index contributed by atoms with van der Waals surface area (Å²) in [6.07, 6.45) is 5.03. The van der Waals surface area contributed by atoms with Crippen LogP contribution in [-0.4, -0.2) is 44.1 Å². The van der Waals surface area contributed by atoms with Crippen LogP contribution in [0.25, 0.3) is 5.78 Å². The van der Waals surface area contributed by atoms with Crippen molar-refractivity contribution in [2.45, 2.75) is 57.0 Å². The molecule has 26 heavy (non-hydrogen) atoms. The minimum Gasteiger partial charge on any atom is -0.302 e. The molecule has 2 aromatic rings. The zero-order chi connectivity index (χ0) is 18.1. The van der Waals surface area contributed by atoms with Gasteiger partial charge in [-0.25, -0.2) is 4.98 Å². The van der Waals surface area contributed by atoms with Crippen LogP contribution < -0.4 is 0 Å². The zero-order valence-electron chi connectivity index (χ0n) is 14.8. The van der Waals surface area contributed by atoms with Crippen molar-refractivity contribution in [3.05, 3.63) is 23.8 Å². The maximum atomic E-state index is 13.4. The highest BCUT2D eigenvalue weighted by Gasteiger charge is 2.36. The monoisotopic (exact) mass is 367 g/mol. The number of fused-ring (bicyclic) bond motifs is 1. The van der Waals surface area contributed by atoms with E-state index in [4.69, 9.17) is 0 Å². The topological polar surface area (TPSA) is 46.3 Å². The lowest BCUT2D eigenvalue weighted by Crippen LogP contribution is -2.38. The van der Waals surface area contributed by atoms with E-state index in [1.165, 1.54) is 32.1 Å². The summed E-state index contributed by atoms with van der Waals surface area (Å²) in [7, 11) is 0. The van der Waals surface area contributed by atoms with Gasteiger partial charge in [0.2, 0.25) is 0 Å². The van der Waals surface area contributed by atoms with Gasteiger partial charge in [0.05, 0.1) is 5.69 Å². The summed E-state index contributed by atoms with van der Waals surface area (Å²) in [6, 6.07) is 1.16. The van der Waals surface area contributed by atoms with E-state index in [1.54, 1.807) is 0 Å². The lowest BCUT2D eigenvalue weighted by molar-refractivity contribution is -0.142. The Kier molecular flexibility index (Phi) is 4.86. The van der Waals surface area contributed by atoms with E-state index in [-0.39, 0.29) is 11.7 Å². The number of aromatic nitrogens is 4. The van der Waals surface area contributed by atoms with Crippen LogP contribution in [0.3, 0.4) is 0 Å². The Bertz CT molecular complexity index is 751. The predicted octanol–water partition coefficient (Wildman–Crippen LogP) is 3.90. The van der Waals surface area contributed by atoms with Crippen molar-refractivity contribution in [3.8, 4) is 0 Å². The fraction of sp³-hybridized carbons (Fsp3) is 0.722. The summed E-state index contributed by atoms with van der Waals surface area (Å²) in [4.78, 5) is 10.7. The second kappa shape index (κ2) is 7.13. The predicted molar refractivity (Wildman–Crippen MR) is 90.8 cm³/mol. The molecule has 142 valence electrons. The molecule has 1 saturated heterocycles. The standard InChI is InChI=1S/C18H24F3N5/c19-18(20,21)16-9-15(24-17-22-12-23-26(16)17)14-7-4-8-25(11-14)10-13-5-2-1-3-6-13/h9,12-14H,1-8,10-11H2. The average Bonchev–Trinajstić information content (AvgIpc) is 3.09. The molecule has 1 aliphatic heterocycles. The van der Waals surface area contributed by atoms with E-state index in [0.717, 1.165) is 55.3 Å². The van der Waals surface area contributed by atoms with E-state index in [2.05, 4.69) is 20.0 Å². The molecule has 2 fully saturated rings. The molecule has 0 amide bonds. The van der Waals surface area contributed by atoms with Gasteiger partial charge >= 0.3 is 6.18 Å². The van der Waals surface area contributed by atoms with Crippen molar-refractivity contribution in [1.82, 2.24) is 24.5 Å². The highest BCUT2D eigenvalue weighted by molar-refractivity contribution is 5.33. The molecule has 2 aromatic heterocycles. The molecule has 0 radical (unpaired) electrons. The molecule has 2 aliphatic rings. The molecule has 1 unspecified atom stereocenters. The van der Waals surface area contributed by atoms with Crippen LogP contribution in [0.15, 0.2) is 12.4 Å². The first-order chi connectivity index (χ1) is 12.5. The third-order valence-corrected chi connectivity index (χ3v) is 5.73. The van der Waals surface area contributed by atoms with E-state index >= 15 is 0 Å². The van der Waals surface area contributed by atoms with Crippen LogP contribution in [0.4, 0.5) is 13.2 Å². The summed E-state index contributed by atoms with van der Waals surface area (Å²) < 4.78 is 41.0. The van der Waals surface area contributed by atoms with Crippen molar-refractivity contribution in [3.63, 3.8) is 0 Å². The maximum Gasteiger partial charge on any atom is 0.433 e. The Morgan fingerprint density at radius 1 is 1.08 bits per heavy atom. The summed E-state index contributed by atoms with van der Waals surface area (Å²) in [5.41, 5.74) is -0.300. The molecular formula is C18H24F3N5. The normalized spacial score (nSPS) is 23.6. The first kappa shape index (κ1) is 17.7. The van der Waals surface area contributed by atoms with Crippen LogP contribution in [0, 0.1) is 5.92 Å². The van der Waals surface area contributed by atoms with Crippen LogP contribution >= 0.6 is 0 Å². The second-order valence-electron chi connectivity index (χ2n) is 7.64. The van der Waals surface area contributed by atoms with Gasteiger partial charge in [-0.1, -0.05) is 19.3 Å². The molecule has 5 nitrogen and oxygen atoms in total. The molecule has 3 heterocycles. The number of hydrogen-bond donors (Lipinski definition) is 0. The van der Waals surface area contributed by atoms with Gasteiger partial charge in [0.15, 0.2) is 5.69 Å². The summed E-state index contributed by atoms with van der Waals surface area (Å²) >= 11 is 0. The smallest absolute Gasteiger partial charge is 0.302 e. The van der Waals surface area contributed by atoms with Gasteiger partial charge in [0.1, 0.15) is 6.33 Å². The Morgan fingerprint density at radius 2 is 1.88 bits per heavy atom. The van der Waals surface area contributed by atoms with Gasteiger partial charge in [0.25, 0.3) is 5.78 Å². The largest absolute Gasteiger partial charge is 0.433 e. The molecule has 1 atom stereocenters. The maximum absolute atomic E-state index is 13.4. The molecule has 4 rings (SSSR count). The first-order valence-corrected chi connectivity index (χ1v) is 9.51. The highest BCUT2D eigenvalue weighted by Crippen LogP contribution is 2.34. The Morgan fingerprint density at radius 3 is 2.65 bits per heavy atom.